The van der Waals surface area contributed by atoms with E-state index in [-0.39, 0.29) is 11.8 Å². The van der Waals surface area contributed by atoms with Crippen molar-refractivity contribution in [2.75, 3.05) is 19.6 Å². The topological polar surface area (TPSA) is 32.3 Å². The fraction of sp³-hybridized carbons (Fsp3) is 0.933. The monoisotopic (exact) mass is 254 g/mol. The second-order valence-electron chi connectivity index (χ2n) is 6.01. The van der Waals surface area contributed by atoms with Crippen LogP contribution in [0.5, 0.6) is 0 Å². The molecule has 1 fully saturated rings. The molecule has 0 radical (unpaired) electrons. The number of hydrogen-bond acceptors (Lipinski definition) is 2. The standard InChI is InChI=1S/C15H30N2O/c1-5-13(4)15(18)16-14(12(2)3)8-11-17-9-6-7-10-17/h12-14H,5-11H2,1-4H3,(H,16,18)/t13?,14-/m0/s1. The van der Waals surface area contributed by atoms with Gasteiger partial charge in [0.05, 0.1) is 0 Å². The van der Waals surface area contributed by atoms with Crippen LogP contribution in [0.15, 0.2) is 0 Å². The number of nitrogens with one attached hydrogen (secondary N) is 1. The van der Waals surface area contributed by atoms with Gasteiger partial charge in [-0.2, -0.15) is 0 Å². The van der Waals surface area contributed by atoms with Gasteiger partial charge >= 0.3 is 0 Å². The highest BCUT2D eigenvalue weighted by Crippen LogP contribution is 2.13. The molecule has 1 amide bonds. The van der Waals surface area contributed by atoms with Crippen LogP contribution in [0.4, 0.5) is 0 Å². The Balaban J connectivity index is 2.36. The van der Waals surface area contributed by atoms with Crippen molar-refractivity contribution in [3.63, 3.8) is 0 Å². The number of hydrogen-bond donors (Lipinski definition) is 1. The Morgan fingerprint density at radius 2 is 1.83 bits per heavy atom. The van der Waals surface area contributed by atoms with Gasteiger partial charge in [0, 0.05) is 18.5 Å². The van der Waals surface area contributed by atoms with E-state index in [0.717, 1.165) is 19.4 Å². The molecular formula is C15H30N2O. The zero-order valence-electron chi connectivity index (χ0n) is 12.5. The van der Waals surface area contributed by atoms with Gasteiger partial charge in [-0.25, -0.2) is 0 Å². The first-order valence-corrected chi connectivity index (χ1v) is 7.57. The minimum absolute atomic E-state index is 0.137. The lowest BCUT2D eigenvalue weighted by Crippen LogP contribution is -2.43. The van der Waals surface area contributed by atoms with Crippen LogP contribution in [-0.4, -0.2) is 36.5 Å². The van der Waals surface area contributed by atoms with Gasteiger partial charge in [-0.15, -0.1) is 0 Å². The Hall–Kier alpha value is -0.570. The molecule has 0 aromatic carbocycles. The predicted molar refractivity (Wildman–Crippen MR) is 76.5 cm³/mol. The summed E-state index contributed by atoms with van der Waals surface area (Å²) in [5.74, 6) is 0.872. The summed E-state index contributed by atoms with van der Waals surface area (Å²) in [7, 11) is 0. The fourth-order valence-electron chi connectivity index (χ4n) is 2.41. The first-order chi connectivity index (χ1) is 8.54. The van der Waals surface area contributed by atoms with Crippen LogP contribution in [0.3, 0.4) is 0 Å². The second kappa shape index (κ2) is 7.78. The van der Waals surface area contributed by atoms with Crippen molar-refractivity contribution >= 4 is 5.91 Å². The summed E-state index contributed by atoms with van der Waals surface area (Å²) in [6.07, 6.45) is 4.68. The third kappa shape index (κ3) is 4.97. The normalized spacial score (nSPS) is 20.1. The van der Waals surface area contributed by atoms with Crippen molar-refractivity contribution in [2.45, 2.75) is 59.4 Å². The lowest BCUT2D eigenvalue weighted by molar-refractivity contribution is -0.125. The molecule has 1 aliphatic heterocycles. The Labute approximate surface area is 112 Å². The maximum atomic E-state index is 12.0. The summed E-state index contributed by atoms with van der Waals surface area (Å²) >= 11 is 0. The molecule has 0 spiro atoms. The smallest absolute Gasteiger partial charge is 0.223 e. The highest BCUT2D eigenvalue weighted by molar-refractivity contribution is 5.78. The molecular weight excluding hydrogens is 224 g/mol. The molecule has 1 N–H and O–H groups in total. The van der Waals surface area contributed by atoms with Gasteiger partial charge in [-0.1, -0.05) is 27.7 Å². The summed E-state index contributed by atoms with van der Waals surface area (Å²) in [6, 6.07) is 0.326. The van der Waals surface area contributed by atoms with Crippen molar-refractivity contribution in [3.05, 3.63) is 0 Å². The zero-order valence-corrected chi connectivity index (χ0v) is 12.5. The van der Waals surface area contributed by atoms with Crippen LogP contribution in [0.2, 0.25) is 0 Å². The maximum Gasteiger partial charge on any atom is 0.223 e. The minimum Gasteiger partial charge on any atom is -0.353 e. The van der Waals surface area contributed by atoms with Gasteiger partial charge in [0.25, 0.3) is 0 Å². The first kappa shape index (κ1) is 15.5. The average Bonchev–Trinajstić information content (AvgIpc) is 2.85. The third-order valence-electron chi connectivity index (χ3n) is 4.15. The van der Waals surface area contributed by atoms with Crippen LogP contribution in [0, 0.1) is 11.8 Å². The second-order valence-corrected chi connectivity index (χ2v) is 6.01. The third-order valence-corrected chi connectivity index (χ3v) is 4.15. The number of amides is 1. The molecule has 1 saturated heterocycles. The average molecular weight is 254 g/mol. The van der Waals surface area contributed by atoms with Crippen molar-refractivity contribution in [2.24, 2.45) is 11.8 Å². The molecule has 3 nitrogen and oxygen atoms in total. The van der Waals surface area contributed by atoms with E-state index in [2.05, 4.69) is 31.0 Å². The molecule has 1 unspecified atom stereocenters. The van der Waals surface area contributed by atoms with Gasteiger partial charge in [0.2, 0.25) is 5.91 Å². The minimum atomic E-state index is 0.137. The number of carbonyl (C=O) groups excluding carboxylic acids is 1. The van der Waals surface area contributed by atoms with Crippen molar-refractivity contribution in [1.29, 1.82) is 0 Å². The summed E-state index contributed by atoms with van der Waals surface area (Å²) in [5.41, 5.74) is 0. The molecule has 0 aromatic heterocycles. The van der Waals surface area contributed by atoms with E-state index >= 15 is 0 Å². The van der Waals surface area contributed by atoms with Crippen LogP contribution in [0.25, 0.3) is 0 Å². The van der Waals surface area contributed by atoms with E-state index in [0.29, 0.717) is 12.0 Å². The number of carbonyl (C=O) groups is 1. The van der Waals surface area contributed by atoms with E-state index in [1.165, 1.54) is 25.9 Å². The molecule has 3 heteroatoms. The van der Waals surface area contributed by atoms with Gasteiger partial charge in [-0.3, -0.25) is 4.79 Å². The lowest BCUT2D eigenvalue weighted by Gasteiger charge is -2.26. The summed E-state index contributed by atoms with van der Waals surface area (Å²) in [4.78, 5) is 14.5. The van der Waals surface area contributed by atoms with Gasteiger partial charge in [0.1, 0.15) is 0 Å². The van der Waals surface area contributed by atoms with Crippen molar-refractivity contribution in [1.82, 2.24) is 10.2 Å². The van der Waals surface area contributed by atoms with Crippen LogP contribution >= 0.6 is 0 Å². The predicted octanol–water partition coefficient (Wildman–Crippen LogP) is 2.66. The number of nitrogens with zero attached hydrogens (tertiary/aromatic N) is 1. The SMILES string of the molecule is CCC(C)C(=O)N[C@@H](CCN1CCCC1)C(C)C. The molecule has 0 bridgehead atoms. The Bertz CT molecular complexity index is 247. The molecule has 1 rings (SSSR count). The van der Waals surface area contributed by atoms with Crippen molar-refractivity contribution < 1.29 is 4.79 Å². The Morgan fingerprint density at radius 1 is 1.22 bits per heavy atom. The molecule has 0 aliphatic carbocycles. The Kier molecular flexibility index (Phi) is 6.69. The first-order valence-electron chi connectivity index (χ1n) is 7.57. The lowest BCUT2D eigenvalue weighted by atomic mass is 9.99. The van der Waals surface area contributed by atoms with Gasteiger partial charge in [0.15, 0.2) is 0 Å². The van der Waals surface area contributed by atoms with E-state index < -0.39 is 0 Å². The summed E-state index contributed by atoms with van der Waals surface area (Å²) in [6.45, 7) is 12.1. The van der Waals surface area contributed by atoms with E-state index in [4.69, 9.17) is 0 Å². The number of rotatable bonds is 7. The molecule has 1 aliphatic rings. The van der Waals surface area contributed by atoms with Gasteiger partial charge in [-0.05, 0) is 44.7 Å². The van der Waals surface area contributed by atoms with Crippen LogP contribution < -0.4 is 5.32 Å². The molecule has 18 heavy (non-hydrogen) atoms. The van der Waals surface area contributed by atoms with Crippen LogP contribution in [0.1, 0.15) is 53.4 Å². The van der Waals surface area contributed by atoms with Crippen molar-refractivity contribution in [3.8, 4) is 0 Å². The highest BCUT2D eigenvalue weighted by Gasteiger charge is 2.20. The van der Waals surface area contributed by atoms with E-state index in [1.54, 1.807) is 0 Å². The molecule has 2 atom stereocenters. The molecule has 0 saturated carbocycles. The largest absolute Gasteiger partial charge is 0.353 e. The molecule has 1 heterocycles. The molecule has 0 aromatic rings. The number of likely N-dealkylation sites (tertiary alicyclic amines) is 1. The van der Waals surface area contributed by atoms with Crippen LogP contribution in [-0.2, 0) is 4.79 Å². The maximum absolute atomic E-state index is 12.0. The Morgan fingerprint density at radius 3 is 2.33 bits per heavy atom. The highest BCUT2D eigenvalue weighted by atomic mass is 16.1. The summed E-state index contributed by atoms with van der Waals surface area (Å²) < 4.78 is 0. The summed E-state index contributed by atoms with van der Waals surface area (Å²) in [5, 5.41) is 3.23. The fourth-order valence-corrected chi connectivity index (χ4v) is 2.41. The zero-order chi connectivity index (χ0) is 13.5. The molecule has 106 valence electrons. The van der Waals surface area contributed by atoms with E-state index in [9.17, 15) is 4.79 Å². The van der Waals surface area contributed by atoms with Gasteiger partial charge < -0.3 is 10.2 Å². The quantitative estimate of drug-likeness (QED) is 0.757. The van der Waals surface area contributed by atoms with E-state index in [1.807, 2.05) is 6.92 Å².